The molecular weight excluding hydrogens is 450 g/mol. The van der Waals surface area contributed by atoms with Gasteiger partial charge in [-0.2, -0.15) is 0 Å². The van der Waals surface area contributed by atoms with Crippen molar-refractivity contribution < 1.29 is 19.3 Å². The van der Waals surface area contributed by atoms with Gasteiger partial charge in [-0.25, -0.2) is 0 Å². The third-order valence-electron chi connectivity index (χ3n) is 5.55. The predicted octanol–water partition coefficient (Wildman–Crippen LogP) is 5.35. The van der Waals surface area contributed by atoms with Crippen molar-refractivity contribution in [2.24, 2.45) is 5.11 Å². The third kappa shape index (κ3) is 6.39. The van der Waals surface area contributed by atoms with Gasteiger partial charge in [0.25, 0.3) is 0 Å². The van der Waals surface area contributed by atoms with Gasteiger partial charge in [0.05, 0.1) is 25.9 Å². The minimum atomic E-state index is -0.664. The summed E-state index contributed by atoms with van der Waals surface area (Å²) in [7, 11) is 0. The van der Waals surface area contributed by atoms with Crippen molar-refractivity contribution in [1.82, 2.24) is 0 Å². The molecule has 7 nitrogen and oxygen atoms in total. The summed E-state index contributed by atoms with van der Waals surface area (Å²) in [6.07, 6.45) is -1.89. The molecule has 1 aliphatic heterocycles. The molecule has 34 heavy (non-hydrogen) atoms. The summed E-state index contributed by atoms with van der Waals surface area (Å²) in [5.41, 5.74) is 10.8. The lowest BCUT2D eigenvalue weighted by molar-refractivity contribution is -0.206. The molecule has 2 unspecified atom stereocenters. The van der Waals surface area contributed by atoms with E-state index in [9.17, 15) is 10.6 Å². The molecule has 1 fully saturated rings. The standard InChI is InChI=1S/C26H27N3O4S/c27-29-28-23-25(32-18-20-12-6-2-7-13-20)24(31-17-19-10-4-1-5-11-19)22(16-30)33-26(23)34-21-14-8-3-9-15-21/h1-15,22-26,30H,16-18H2/t22?,23?,24-,25+,26-/m0/s1. The summed E-state index contributed by atoms with van der Waals surface area (Å²) in [5.74, 6) is 0. The Balaban J connectivity index is 1.60. The van der Waals surface area contributed by atoms with Gasteiger partial charge in [-0.05, 0) is 28.8 Å². The second kappa shape index (κ2) is 12.6. The molecule has 0 spiro atoms. The molecule has 1 aliphatic rings. The van der Waals surface area contributed by atoms with Crippen molar-refractivity contribution in [3.63, 3.8) is 0 Å². The highest BCUT2D eigenvalue weighted by atomic mass is 32.2. The van der Waals surface area contributed by atoms with Gasteiger partial charge in [0, 0.05) is 9.81 Å². The van der Waals surface area contributed by atoms with Crippen molar-refractivity contribution in [3.05, 3.63) is 113 Å². The molecule has 176 valence electrons. The number of hydrogen-bond donors (Lipinski definition) is 1. The van der Waals surface area contributed by atoms with Crippen LogP contribution < -0.4 is 0 Å². The second-order valence-corrected chi connectivity index (χ2v) is 9.05. The zero-order valence-corrected chi connectivity index (χ0v) is 19.4. The molecule has 1 N–H and O–H groups in total. The van der Waals surface area contributed by atoms with Crippen LogP contribution in [0.2, 0.25) is 0 Å². The van der Waals surface area contributed by atoms with Crippen LogP contribution in [-0.2, 0) is 27.4 Å². The van der Waals surface area contributed by atoms with E-state index in [-0.39, 0.29) is 6.61 Å². The lowest BCUT2D eigenvalue weighted by Gasteiger charge is -2.44. The zero-order chi connectivity index (χ0) is 23.6. The van der Waals surface area contributed by atoms with Crippen molar-refractivity contribution in [2.75, 3.05) is 6.61 Å². The van der Waals surface area contributed by atoms with Gasteiger partial charge in [-0.3, -0.25) is 0 Å². The Labute approximate surface area is 203 Å². The van der Waals surface area contributed by atoms with E-state index in [4.69, 9.17) is 14.2 Å². The van der Waals surface area contributed by atoms with E-state index in [1.165, 1.54) is 11.8 Å². The highest BCUT2D eigenvalue weighted by Gasteiger charge is 2.47. The van der Waals surface area contributed by atoms with Gasteiger partial charge in [-0.1, -0.05) is 95.7 Å². The fourth-order valence-corrected chi connectivity index (χ4v) is 5.01. The van der Waals surface area contributed by atoms with Gasteiger partial charge < -0.3 is 19.3 Å². The highest BCUT2D eigenvalue weighted by Crippen LogP contribution is 2.37. The number of nitrogens with zero attached hydrogens (tertiary/aromatic N) is 3. The smallest absolute Gasteiger partial charge is 0.119 e. The van der Waals surface area contributed by atoms with Crippen LogP contribution in [0.4, 0.5) is 0 Å². The molecule has 3 aromatic carbocycles. The minimum Gasteiger partial charge on any atom is -0.394 e. The van der Waals surface area contributed by atoms with Gasteiger partial charge in [-0.15, -0.1) is 0 Å². The first kappa shape index (κ1) is 24.3. The average Bonchev–Trinajstić information content (AvgIpc) is 2.89. The van der Waals surface area contributed by atoms with Crippen LogP contribution in [0.5, 0.6) is 0 Å². The summed E-state index contributed by atoms with van der Waals surface area (Å²) in [5, 5.41) is 14.3. The monoisotopic (exact) mass is 477 g/mol. The maximum atomic E-state index is 10.2. The number of aliphatic hydroxyl groups excluding tert-OH is 1. The largest absolute Gasteiger partial charge is 0.394 e. The SMILES string of the molecule is [N-]=[N+]=NC1[C@@H](OCc2ccccc2)[C@@H](OCc2ccccc2)C(CO)O[C@H]1Sc1ccccc1. The van der Waals surface area contributed by atoms with Crippen molar-refractivity contribution in [1.29, 1.82) is 0 Å². The normalized spacial score (nSPS) is 24.3. The van der Waals surface area contributed by atoms with Crippen molar-refractivity contribution >= 4 is 11.8 Å². The highest BCUT2D eigenvalue weighted by molar-refractivity contribution is 7.99. The second-order valence-electron chi connectivity index (χ2n) is 7.87. The fraction of sp³-hybridized carbons (Fsp3) is 0.308. The molecule has 1 heterocycles. The van der Waals surface area contributed by atoms with E-state index in [1.807, 2.05) is 91.0 Å². The molecule has 5 atom stereocenters. The van der Waals surface area contributed by atoms with Gasteiger partial charge >= 0.3 is 0 Å². The van der Waals surface area contributed by atoms with Crippen molar-refractivity contribution in [2.45, 2.75) is 47.9 Å². The van der Waals surface area contributed by atoms with E-state index in [2.05, 4.69) is 10.0 Å². The van der Waals surface area contributed by atoms with Crippen LogP contribution in [0.1, 0.15) is 11.1 Å². The molecule has 0 saturated carbocycles. The van der Waals surface area contributed by atoms with E-state index in [1.54, 1.807) is 0 Å². The fourth-order valence-electron chi connectivity index (χ4n) is 3.88. The first-order valence-corrected chi connectivity index (χ1v) is 12.0. The zero-order valence-electron chi connectivity index (χ0n) is 18.6. The number of rotatable bonds is 10. The van der Waals surface area contributed by atoms with Crippen LogP contribution in [0.15, 0.2) is 101 Å². The van der Waals surface area contributed by atoms with E-state index in [0.29, 0.717) is 13.2 Å². The number of aliphatic hydroxyl groups is 1. The molecule has 0 aliphatic carbocycles. The predicted molar refractivity (Wildman–Crippen MR) is 131 cm³/mol. The molecule has 4 rings (SSSR count). The Hall–Kier alpha value is -2.84. The van der Waals surface area contributed by atoms with E-state index < -0.39 is 29.8 Å². The van der Waals surface area contributed by atoms with Crippen LogP contribution in [0.25, 0.3) is 10.4 Å². The Morgan fingerprint density at radius 1 is 0.824 bits per heavy atom. The van der Waals surface area contributed by atoms with Crippen LogP contribution in [0.3, 0.4) is 0 Å². The third-order valence-corrected chi connectivity index (χ3v) is 6.71. The molecule has 0 bridgehead atoms. The minimum absolute atomic E-state index is 0.251. The first-order chi connectivity index (χ1) is 16.8. The summed E-state index contributed by atoms with van der Waals surface area (Å²) >= 11 is 1.44. The lowest BCUT2D eigenvalue weighted by atomic mass is 9.98. The molecule has 0 radical (unpaired) electrons. The van der Waals surface area contributed by atoms with Crippen LogP contribution in [0, 0.1) is 0 Å². The van der Waals surface area contributed by atoms with E-state index in [0.717, 1.165) is 16.0 Å². The van der Waals surface area contributed by atoms with Gasteiger partial charge in [0.1, 0.15) is 23.7 Å². The molecule has 0 aromatic heterocycles. The summed E-state index contributed by atoms with van der Waals surface area (Å²) in [6, 6.07) is 28.6. The maximum Gasteiger partial charge on any atom is 0.119 e. The lowest BCUT2D eigenvalue weighted by Crippen LogP contribution is -2.58. The number of hydrogen-bond acceptors (Lipinski definition) is 6. The van der Waals surface area contributed by atoms with Gasteiger partial charge in [0.2, 0.25) is 0 Å². The summed E-state index contributed by atoms with van der Waals surface area (Å²) in [4.78, 5) is 4.06. The number of benzene rings is 3. The summed E-state index contributed by atoms with van der Waals surface area (Å²) < 4.78 is 18.8. The molecule has 0 amide bonds. The summed E-state index contributed by atoms with van der Waals surface area (Å²) in [6.45, 7) is 0.380. The van der Waals surface area contributed by atoms with Crippen LogP contribution in [-0.4, -0.2) is 41.5 Å². The Bertz CT molecular complexity index is 1050. The first-order valence-electron chi connectivity index (χ1n) is 11.1. The number of azide groups is 1. The molecule has 8 heteroatoms. The van der Waals surface area contributed by atoms with Crippen LogP contribution >= 0.6 is 11.8 Å². The molecule has 3 aromatic rings. The Kier molecular flexibility index (Phi) is 8.98. The molecule has 1 saturated heterocycles. The average molecular weight is 478 g/mol. The quantitative estimate of drug-likeness (QED) is 0.241. The Morgan fingerprint density at radius 2 is 1.35 bits per heavy atom. The Morgan fingerprint density at radius 3 is 1.88 bits per heavy atom. The number of thioether (sulfide) groups is 1. The van der Waals surface area contributed by atoms with E-state index >= 15 is 0 Å². The maximum absolute atomic E-state index is 10.2. The molecular formula is C26H27N3O4S. The topological polar surface area (TPSA) is 96.7 Å². The van der Waals surface area contributed by atoms with Gasteiger partial charge in [0.15, 0.2) is 0 Å². The van der Waals surface area contributed by atoms with Crippen molar-refractivity contribution in [3.8, 4) is 0 Å². The number of ether oxygens (including phenoxy) is 3.